The molecule has 0 nitrogen and oxygen atoms in total. The predicted molar refractivity (Wildman–Crippen MR) is 65.8 cm³/mol. The Labute approximate surface area is 97.2 Å². The van der Waals surface area contributed by atoms with Crippen LogP contribution in [0.4, 0.5) is 4.39 Å². The summed E-state index contributed by atoms with van der Waals surface area (Å²) in [6, 6.07) is 6.97. The van der Waals surface area contributed by atoms with Crippen molar-refractivity contribution in [1.82, 2.24) is 0 Å². The van der Waals surface area contributed by atoms with Gasteiger partial charge in [-0.15, -0.1) is 0 Å². The minimum Gasteiger partial charge on any atom is -0.207 e. The van der Waals surface area contributed by atoms with E-state index in [4.69, 9.17) is 0 Å². The first-order chi connectivity index (χ1) is 7.59. The standard InChI is InChI=1S/C15H19F/c1-10-4-5-11(2)15(12(10)3)13-6-8-14(16)9-7-13/h5-10,12,15H,4H2,1-3H3/t10-,12+,15?/m0/s1. The van der Waals surface area contributed by atoms with E-state index in [1.54, 1.807) is 12.1 Å². The molecule has 0 spiro atoms. The van der Waals surface area contributed by atoms with Crippen molar-refractivity contribution in [3.05, 3.63) is 47.3 Å². The van der Waals surface area contributed by atoms with Gasteiger partial charge in [-0.1, -0.05) is 37.6 Å². The molecular weight excluding hydrogens is 199 g/mol. The Kier molecular flexibility index (Phi) is 3.13. The highest BCUT2D eigenvalue weighted by molar-refractivity contribution is 5.31. The third kappa shape index (κ3) is 2.04. The van der Waals surface area contributed by atoms with E-state index in [9.17, 15) is 4.39 Å². The molecule has 1 heteroatoms. The van der Waals surface area contributed by atoms with E-state index in [1.165, 1.54) is 17.6 Å². The molecule has 1 aliphatic carbocycles. The minimum absolute atomic E-state index is 0.151. The second-order valence-corrected chi connectivity index (χ2v) is 5.05. The van der Waals surface area contributed by atoms with Crippen molar-refractivity contribution < 1.29 is 4.39 Å². The number of halogens is 1. The van der Waals surface area contributed by atoms with Crippen LogP contribution in [-0.4, -0.2) is 0 Å². The first-order valence-electron chi connectivity index (χ1n) is 6.01. The Morgan fingerprint density at radius 2 is 1.75 bits per heavy atom. The molecule has 1 aromatic carbocycles. The zero-order chi connectivity index (χ0) is 11.7. The van der Waals surface area contributed by atoms with E-state index >= 15 is 0 Å². The average Bonchev–Trinajstić information content (AvgIpc) is 2.27. The maximum Gasteiger partial charge on any atom is 0.123 e. The van der Waals surface area contributed by atoms with Gasteiger partial charge in [-0.05, 0) is 42.9 Å². The van der Waals surface area contributed by atoms with Crippen LogP contribution >= 0.6 is 0 Å². The van der Waals surface area contributed by atoms with Crippen LogP contribution in [0.2, 0.25) is 0 Å². The molecule has 0 aliphatic heterocycles. The number of benzene rings is 1. The molecule has 0 heterocycles. The molecule has 0 amide bonds. The molecule has 2 rings (SSSR count). The maximum atomic E-state index is 12.9. The van der Waals surface area contributed by atoms with Crippen molar-refractivity contribution in [2.24, 2.45) is 11.8 Å². The van der Waals surface area contributed by atoms with E-state index in [-0.39, 0.29) is 5.82 Å². The molecule has 1 aromatic rings. The Morgan fingerprint density at radius 1 is 1.12 bits per heavy atom. The Balaban J connectivity index is 2.34. The zero-order valence-corrected chi connectivity index (χ0v) is 10.2. The topological polar surface area (TPSA) is 0 Å². The van der Waals surface area contributed by atoms with Crippen LogP contribution in [0.1, 0.15) is 38.7 Å². The molecule has 0 radical (unpaired) electrons. The third-order valence-corrected chi connectivity index (χ3v) is 3.95. The van der Waals surface area contributed by atoms with Crippen LogP contribution in [0.25, 0.3) is 0 Å². The van der Waals surface area contributed by atoms with Gasteiger partial charge in [0.05, 0.1) is 0 Å². The summed E-state index contributed by atoms with van der Waals surface area (Å²) in [7, 11) is 0. The number of allylic oxidation sites excluding steroid dienone is 2. The van der Waals surface area contributed by atoms with Gasteiger partial charge in [-0.3, -0.25) is 0 Å². The molecule has 0 fully saturated rings. The van der Waals surface area contributed by atoms with Gasteiger partial charge in [-0.25, -0.2) is 4.39 Å². The molecule has 0 bridgehead atoms. The first-order valence-corrected chi connectivity index (χ1v) is 6.01. The molecule has 0 saturated heterocycles. The fourth-order valence-corrected chi connectivity index (χ4v) is 2.69. The minimum atomic E-state index is -0.151. The van der Waals surface area contributed by atoms with Crippen molar-refractivity contribution in [2.45, 2.75) is 33.1 Å². The summed E-state index contributed by atoms with van der Waals surface area (Å²) in [6.07, 6.45) is 3.50. The van der Waals surface area contributed by atoms with Gasteiger partial charge in [0, 0.05) is 5.92 Å². The summed E-state index contributed by atoms with van der Waals surface area (Å²) in [6.45, 7) is 6.79. The van der Waals surface area contributed by atoms with Gasteiger partial charge in [0.1, 0.15) is 5.82 Å². The fourth-order valence-electron chi connectivity index (χ4n) is 2.69. The van der Waals surface area contributed by atoms with Crippen LogP contribution in [0.5, 0.6) is 0 Å². The normalized spacial score (nSPS) is 30.0. The highest BCUT2D eigenvalue weighted by Crippen LogP contribution is 2.41. The van der Waals surface area contributed by atoms with Crippen molar-refractivity contribution in [3.8, 4) is 0 Å². The lowest BCUT2D eigenvalue weighted by molar-refractivity contribution is 0.331. The first kappa shape index (κ1) is 11.4. The molecule has 1 aliphatic rings. The van der Waals surface area contributed by atoms with Gasteiger partial charge >= 0.3 is 0 Å². The molecule has 16 heavy (non-hydrogen) atoms. The predicted octanol–water partition coefficient (Wildman–Crippen LogP) is 4.53. The Bertz CT molecular complexity index is 388. The van der Waals surface area contributed by atoms with E-state index in [2.05, 4.69) is 26.8 Å². The van der Waals surface area contributed by atoms with Gasteiger partial charge in [0.15, 0.2) is 0 Å². The Hall–Kier alpha value is -1.11. The zero-order valence-electron chi connectivity index (χ0n) is 10.2. The number of hydrogen-bond acceptors (Lipinski definition) is 0. The fraction of sp³-hybridized carbons (Fsp3) is 0.467. The summed E-state index contributed by atoms with van der Waals surface area (Å²) in [4.78, 5) is 0. The van der Waals surface area contributed by atoms with Gasteiger partial charge in [0.2, 0.25) is 0 Å². The van der Waals surface area contributed by atoms with E-state index in [0.29, 0.717) is 17.8 Å². The van der Waals surface area contributed by atoms with Crippen molar-refractivity contribution in [1.29, 1.82) is 0 Å². The largest absolute Gasteiger partial charge is 0.207 e. The average molecular weight is 218 g/mol. The lowest BCUT2D eigenvalue weighted by Gasteiger charge is -2.34. The van der Waals surface area contributed by atoms with E-state index in [1.807, 2.05) is 12.1 Å². The monoisotopic (exact) mass is 218 g/mol. The molecule has 3 atom stereocenters. The van der Waals surface area contributed by atoms with Gasteiger partial charge < -0.3 is 0 Å². The molecule has 0 aromatic heterocycles. The highest BCUT2D eigenvalue weighted by Gasteiger charge is 2.28. The maximum absolute atomic E-state index is 12.9. The third-order valence-electron chi connectivity index (χ3n) is 3.95. The molecule has 1 unspecified atom stereocenters. The van der Waals surface area contributed by atoms with E-state index in [0.717, 1.165) is 0 Å². The number of rotatable bonds is 1. The van der Waals surface area contributed by atoms with Gasteiger partial charge in [0.25, 0.3) is 0 Å². The molecule has 86 valence electrons. The molecule has 0 N–H and O–H groups in total. The van der Waals surface area contributed by atoms with Crippen LogP contribution in [0, 0.1) is 17.7 Å². The smallest absolute Gasteiger partial charge is 0.123 e. The number of hydrogen-bond donors (Lipinski definition) is 0. The second-order valence-electron chi connectivity index (χ2n) is 5.05. The summed E-state index contributed by atoms with van der Waals surface area (Å²) in [5.41, 5.74) is 2.67. The van der Waals surface area contributed by atoms with Crippen molar-refractivity contribution >= 4 is 0 Å². The summed E-state index contributed by atoms with van der Waals surface area (Å²) in [5, 5.41) is 0. The molecular formula is C15H19F. The summed E-state index contributed by atoms with van der Waals surface area (Å²) < 4.78 is 12.9. The lowest BCUT2D eigenvalue weighted by atomic mass is 9.71. The van der Waals surface area contributed by atoms with Crippen molar-refractivity contribution in [2.75, 3.05) is 0 Å². The quantitative estimate of drug-likeness (QED) is 0.607. The van der Waals surface area contributed by atoms with E-state index < -0.39 is 0 Å². The van der Waals surface area contributed by atoms with Crippen LogP contribution in [0.15, 0.2) is 35.9 Å². The summed E-state index contributed by atoms with van der Waals surface area (Å²) in [5.74, 6) is 1.65. The second kappa shape index (κ2) is 4.40. The van der Waals surface area contributed by atoms with Crippen LogP contribution in [0.3, 0.4) is 0 Å². The van der Waals surface area contributed by atoms with Crippen LogP contribution < -0.4 is 0 Å². The summed E-state index contributed by atoms with van der Waals surface area (Å²) >= 11 is 0. The highest BCUT2D eigenvalue weighted by atomic mass is 19.1. The Morgan fingerprint density at radius 3 is 2.38 bits per heavy atom. The SMILES string of the molecule is CC1=CC[C@H](C)[C@@H](C)C1c1ccc(F)cc1. The van der Waals surface area contributed by atoms with Crippen LogP contribution in [-0.2, 0) is 0 Å². The molecule has 0 saturated carbocycles. The van der Waals surface area contributed by atoms with Gasteiger partial charge in [-0.2, -0.15) is 0 Å². The van der Waals surface area contributed by atoms with Crippen molar-refractivity contribution in [3.63, 3.8) is 0 Å². The lowest BCUT2D eigenvalue weighted by Crippen LogP contribution is -2.22.